The van der Waals surface area contributed by atoms with Crippen molar-refractivity contribution in [3.63, 3.8) is 0 Å². The summed E-state index contributed by atoms with van der Waals surface area (Å²) in [7, 11) is -6.50. The molecule has 0 aliphatic heterocycles. The number of sulfone groups is 2. The fourth-order valence-corrected chi connectivity index (χ4v) is 8.51. The van der Waals surface area contributed by atoms with Gasteiger partial charge in [-0.1, -0.05) is 64.1 Å². The standard InChI is InChI=1S/C18H23N3O2S.C16H22N2O2S.2ClH/c1-14(2)9-17(20-8-7-19)13-24(22,23)12-15-10-16-5-3-4-6-18(16)21-11-15;1-12(2)7-15(17)11-21(19,20)10-13-8-14-5-3-4-6-16(14)18-9-13;;/h3-6,10-11,14,17,20H,8-9,12-13H2,1-2H3;3-6,8-9,12,15H,7,10-11,17H2,1-2H3;2*1H/t17-;15-;;/m00../s1. The number of nitrogens with one attached hydrogen (secondary N) is 1. The first-order chi connectivity index (χ1) is 21.2. The van der Waals surface area contributed by atoms with Crippen LogP contribution in [0.1, 0.15) is 51.7 Å². The molecule has 3 N–H and O–H groups in total. The van der Waals surface area contributed by atoms with E-state index < -0.39 is 19.7 Å². The third kappa shape index (κ3) is 15.3. The highest BCUT2D eigenvalue weighted by atomic mass is 35.5. The van der Waals surface area contributed by atoms with Gasteiger partial charge in [-0.25, -0.2) is 16.8 Å². The van der Waals surface area contributed by atoms with Crippen LogP contribution in [0.15, 0.2) is 73.1 Å². The van der Waals surface area contributed by atoms with Gasteiger partial charge in [-0.2, -0.15) is 5.26 Å². The molecule has 4 aromatic rings. The Morgan fingerprint density at radius 1 is 0.745 bits per heavy atom. The first-order valence-electron chi connectivity index (χ1n) is 15.2. The van der Waals surface area contributed by atoms with Crippen molar-refractivity contribution < 1.29 is 16.8 Å². The predicted molar refractivity (Wildman–Crippen MR) is 197 cm³/mol. The maximum Gasteiger partial charge on any atom is 0.156 e. The van der Waals surface area contributed by atoms with Gasteiger partial charge in [0.05, 0.1) is 46.7 Å². The van der Waals surface area contributed by atoms with E-state index in [2.05, 4.69) is 15.3 Å². The predicted octanol–water partition coefficient (Wildman–Crippen LogP) is 6.04. The molecule has 0 amide bonds. The Morgan fingerprint density at radius 3 is 1.64 bits per heavy atom. The van der Waals surface area contributed by atoms with Gasteiger partial charge in [-0.3, -0.25) is 9.97 Å². The van der Waals surface area contributed by atoms with Crippen LogP contribution in [0.5, 0.6) is 0 Å². The van der Waals surface area contributed by atoms with E-state index in [9.17, 15) is 16.8 Å². The van der Waals surface area contributed by atoms with Crippen molar-refractivity contribution in [1.82, 2.24) is 15.3 Å². The normalized spacial score (nSPS) is 12.8. The van der Waals surface area contributed by atoms with Crippen LogP contribution in [0.4, 0.5) is 0 Å². The van der Waals surface area contributed by atoms with Crippen LogP contribution in [0.25, 0.3) is 21.8 Å². The van der Waals surface area contributed by atoms with Crippen LogP contribution in [0.2, 0.25) is 0 Å². The lowest BCUT2D eigenvalue weighted by Crippen LogP contribution is -2.37. The highest BCUT2D eigenvalue weighted by Crippen LogP contribution is 2.18. The van der Waals surface area contributed by atoms with Crippen molar-refractivity contribution >= 4 is 66.3 Å². The highest BCUT2D eigenvalue weighted by molar-refractivity contribution is 7.90. The number of pyridine rings is 2. The van der Waals surface area contributed by atoms with E-state index in [1.165, 1.54) is 0 Å². The number of nitriles is 1. The first-order valence-corrected chi connectivity index (χ1v) is 18.8. The first kappa shape index (κ1) is 42.2. The lowest BCUT2D eigenvalue weighted by Gasteiger charge is -2.19. The van der Waals surface area contributed by atoms with Gasteiger partial charge >= 0.3 is 0 Å². The maximum absolute atomic E-state index is 12.5. The van der Waals surface area contributed by atoms with E-state index >= 15 is 0 Å². The van der Waals surface area contributed by atoms with Crippen molar-refractivity contribution in [3.8, 4) is 6.07 Å². The maximum atomic E-state index is 12.5. The lowest BCUT2D eigenvalue weighted by atomic mass is 10.1. The minimum Gasteiger partial charge on any atom is -0.327 e. The van der Waals surface area contributed by atoms with Crippen molar-refractivity contribution in [1.29, 1.82) is 5.26 Å². The Kier molecular flexibility index (Phi) is 17.8. The average Bonchev–Trinajstić information content (AvgIpc) is 2.94. The molecule has 0 saturated carbocycles. The zero-order valence-electron chi connectivity index (χ0n) is 27.4. The molecule has 2 heterocycles. The SMILES string of the molecule is CC(C)C[C@@H](CS(=O)(=O)Cc1cnc2ccccc2c1)NCC#N.CC(C)C[C@H](N)CS(=O)(=O)Cc1cnc2ccccc2c1.Cl.Cl. The Bertz CT molecular complexity index is 1810. The number of hydrogen-bond acceptors (Lipinski definition) is 9. The molecule has 0 radical (unpaired) electrons. The molecule has 2 atom stereocenters. The molecule has 258 valence electrons. The lowest BCUT2D eigenvalue weighted by molar-refractivity contribution is 0.456. The molecule has 0 fully saturated rings. The van der Waals surface area contributed by atoms with Gasteiger partial charge in [-0.05, 0) is 60.1 Å². The van der Waals surface area contributed by atoms with Crippen molar-refractivity contribution in [2.75, 3.05) is 18.1 Å². The monoisotopic (exact) mass is 723 g/mol. The minimum atomic E-state index is -3.29. The Morgan fingerprint density at radius 2 is 1.19 bits per heavy atom. The minimum absolute atomic E-state index is 0. The number of benzene rings is 2. The fraction of sp³-hybridized carbons (Fsp3) is 0.441. The Balaban J connectivity index is 0.000000454. The van der Waals surface area contributed by atoms with E-state index in [4.69, 9.17) is 11.0 Å². The smallest absolute Gasteiger partial charge is 0.156 e. The second-order valence-corrected chi connectivity index (χ2v) is 16.7. The van der Waals surface area contributed by atoms with Crippen molar-refractivity contribution in [2.24, 2.45) is 17.6 Å². The zero-order chi connectivity index (χ0) is 33.0. The van der Waals surface area contributed by atoms with E-state index in [1.54, 1.807) is 12.4 Å². The summed E-state index contributed by atoms with van der Waals surface area (Å²) in [5.41, 5.74) is 9.04. The molecule has 9 nitrogen and oxygen atoms in total. The van der Waals surface area contributed by atoms with Gasteiger partial charge < -0.3 is 11.1 Å². The van der Waals surface area contributed by atoms with Crippen LogP contribution in [-0.2, 0) is 31.2 Å². The molecule has 13 heteroatoms. The van der Waals surface area contributed by atoms with Gasteiger partial charge in [-0.15, -0.1) is 24.8 Å². The third-order valence-electron chi connectivity index (χ3n) is 6.99. The van der Waals surface area contributed by atoms with Gasteiger partial charge in [0, 0.05) is 35.2 Å². The summed E-state index contributed by atoms with van der Waals surface area (Å²) in [6, 6.07) is 20.6. The largest absolute Gasteiger partial charge is 0.327 e. The molecule has 2 aromatic heterocycles. The van der Waals surface area contributed by atoms with E-state index in [0.717, 1.165) is 34.6 Å². The summed E-state index contributed by atoms with van der Waals surface area (Å²) < 4.78 is 49.5. The Hall–Kier alpha value is -2.85. The molecule has 0 bridgehead atoms. The number of aromatic nitrogens is 2. The van der Waals surface area contributed by atoms with Crippen LogP contribution in [0, 0.1) is 23.2 Å². The van der Waals surface area contributed by atoms with Crippen molar-refractivity contribution in [3.05, 3.63) is 84.2 Å². The second-order valence-electron chi connectivity index (χ2n) is 12.4. The van der Waals surface area contributed by atoms with Gasteiger partial charge in [0.15, 0.2) is 19.7 Å². The van der Waals surface area contributed by atoms with E-state index in [1.807, 2.05) is 94.4 Å². The summed E-state index contributed by atoms with van der Waals surface area (Å²) in [5.74, 6) is 0.776. The topological polar surface area (TPSA) is 156 Å². The summed E-state index contributed by atoms with van der Waals surface area (Å²) in [4.78, 5) is 8.62. The number of fused-ring (bicyclic) bond motifs is 2. The molecule has 0 aliphatic rings. The molecule has 47 heavy (non-hydrogen) atoms. The van der Waals surface area contributed by atoms with Gasteiger partial charge in [0.2, 0.25) is 0 Å². The summed E-state index contributed by atoms with van der Waals surface area (Å²) in [6.45, 7) is 8.33. The molecule has 2 aromatic carbocycles. The number of para-hydroxylation sites is 2. The van der Waals surface area contributed by atoms with Gasteiger partial charge in [0.1, 0.15) is 0 Å². The third-order valence-corrected chi connectivity index (χ3v) is 10.4. The number of rotatable bonds is 14. The molecule has 0 aliphatic carbocycles. The molecular formula is C34H47Cl2N5O4S2. The van der Waals surface area contributed by atoms with Crippen LogP contribution in [-0.4, -0.2) is 56.9 Å². The Labute approximate surface area is 292 Å². The molecular weight excluding hydrogens is 677 g/mol. The molecule has 0 unspecified atom stereocenters. The highest BCUT2D eigenvalue weighted by Gasteiger charge is 2.21. The zero-order valence-corrected chi connectivity index (χ0v) is 30.6. The van der Waals surface area contributed by atoms with E-state index in [0.29, 0.717) is 23.0 Å². The number of halogens is 2. The van der Waals surface area contributed by atoms with Crippen LogP contribution >= 0.6 is 24.8 Å². The number of nitrogens with zero attached hydrogens (tertiary/aromatic N) is 3. The quantitative estimate of drug-likeness (QED) is 0.148. The number of nitrogens with two attached hydrogens (primary N) is 1. The summed E-state index contributed by atoms with van der Waals surface area (Å²) in [5, 5.41) is 13.6. The van der Waals surface area contributed by atoms with Gasteiger partial charge in [0.25, 0.3) is 0 Å². The summed E-state index contributed by atoms with van der Waals surface area (Å²) >= 11 is 0. The number of hydrogen-bond donors (Lipinski definition) is 2. The van der Waals surface area contributed by atoms with Crippen LogP contribution in [0.3, 0.4) is 0 Å². The second kappa shape index (κ2) is 19.8. The fourth-order valence-electron chi connectivity index (χ4n) is 5.29. The summed E-state index contributed by atoms with van der Waals surface area (Å²) in [6.07, 6.45) is 4.69. The van der Waals surface area contributed by atoms with Crippen LogP contribution < -0.4 is 11.1 Å². The average molecular weight is 725 g/mol. The molecule has 4 rings (SSSR count). The molecule has 0 saturated heterocycles. The van der Waals surface area contributed by atoms with Crippen molar-refractivity contribution in [2.45, 2.75) is 64.1 Å². The van der Waals surface area contributed by atoms with E-state index in [-0.39, 0.29) is 66.5 Å². The molecule has 0 spiro atoms.